The molecule has 0 aliphatic rings. The monoisotopic (exact) mass is 404 g/mol. The molecule has 2 aromatic rings. The standard InChI is InChI=1S/C6H5.C5H5.2CO.2CH3.Fe.Sn/c1-2-4-6-5-3-1;1-2-4-5-3-1;2*1-2;;;;/h1-5H;1-5H;;;2*1H3;;/q;-1;;;;;+5;. The largest absolute Gasteiger partial charge is 5.00 e. The molecule has 0 aliphatic carbocycles. The number of hydrogen-bond donors (Lipinski definition) is 0. The van der Waals surface area contributed by atoms with E-state index in [1.807, 2.05) is 30.3 Å². The molecule has 96 valence electrons. The Hall–Kier alpha value is -0.632. The van der Waals surface area contributed by atoms with Gasteiger partial charge in [0.25, 0.3) is 0 Å². The molecule has 2 radical (unpaired) electrons. The van der Waals surface area contributed by atoms with E-state index < -0.39 is 19.8 Å². The Bertz CT molecular complexity index is 371. The maximum absolute atomic E-state index is 7.50. The van der Waals surface area contributed by atoms with Gasteiger partial charge in [-0.05, 0) is 0 Å². The topological polar surface area (TPSA) is 39.8 Å². The maximum atomic E-state index is 7.50. The van der Waals surface area contributed by atoms with Gasteiger partial charge in [-0.1, -0.05) is 0 Å². The van der Waals surface area contributed by atoms with E-state index >= 15 is 0 Å². The van der Waals surface area contributed by atoms with E-state index in [1.54, 1.807) is 3.58 Å². The quantitative estimate of drug-likeness (QED) is 0.400. The average Bonchev–Trinajstić information content (AvgIpc) is 3.03. The fourth-order valence-corrected chi connectivity index (χ4v) is 3.54. The molecule has 2 aromatic carbocycles. The van der Waals surface area contributed by atoms with Crippen LogP contribution in [0.1, 0.15) is 0 Å². The van der Waals surface area contributed by atoms with Crippen molar-refractivity contribution in [1.29, 1.82) is 0 Å². The molecular weight excluding hydrogens is 387 g/mol. The summed E-state index contributed by atoms with van der Waals surface area (Å²) in [4.78, 5) is 4.80. The Labute approximate surface area is 133 Å². The van der Waals surface area contributed by atoms with Crippen LogP contribution in [0.25, 0.3) is 0 Å². The second kappa shape index (κ2) is 19.7. The van der Waals surface area contributed by atoms with Crippen LogP contribution < -0.4 is 3.58 Å². The molecule has 0 unspecified atom stereocenters. The van der Waals surface area contributed by atoms with E-state index in [0.717, 1.165) is 0 Å². The summed E-state index contributed by atoms with van der Waals surface area (Å²) in [6.07, 6.45) is 0. The van der Waals surface area contributed by atoms with Crippen LogP contribution in [0.4, 0.5) is 0 Å². The molecule has 0 spiro atoms. The molecule has 0 bridgehead atoms. The van der Waals surface area contributed by atoms with Gasteiger partial charge < -0.3 is 0 Å². The molecule has 2 nitrogen and oxygen atoms in total. The first-order chi connectivity index (χ1) is 8.80. The summed E-state index contributed by atoms with van der Waals surface area (Å²) in [6.45, 7) is 9.00. The first-order valence-corrected chi connectivity index (χ1v) is 12.4. The Balaban J connectivity index is -0.000000220. The summed E-state index contributed by atoms with van der Waals surface area (Å²) in [7, 11) is 0. The third kappa shape index (κ3) is 15.3. The van der Waals surface area contributed by atoms with Crippen molar-refractivity contribution in [2.24, 2.45) is 0 Å². The minimum atomic E-state index is -1.02. The molecule has 0 atom stereocenters. The molecule has 0 amide bonds. The smallest absolute Gasteiger partial charge is 0.214 e. The van der Waals surface area contributed by atoms with Gasteiger partial charge >= 0.3 is 103 Å². The molecule has 0 saturated carbocycles. The first-order valence-electron chi connectivity index (χ1n) is 5.24. The molecule has 0 N–H and O–H groups in total. The predicted octanol–water partition coefficient (Wildman–Crippen LogP) is 2.98. The van der Waals surface area contributed by atoms with Crippen molar-refractivity contribution in [2.75, 3.05) is 0 Å². The SMILES string of the molecule is [C-]#[O+].[C-]#[O+].[CH3][Sn]([CH3])[c]1ccccc1.[Fe+5].c1cc[cH-]c1. The van der Waals surface area contributed by atoms with Crippen molar-refractivity contribution >= 4 is 23.3 Å². The second-order valence-corrected chi connectivity index (χ2v) is 10.7. The molecule has 0 fully saturated rings. The van der Waals surface area contributed by atoms with Gasteiger partial charge in [-0.3, -0.25) is 0 Å². The Morgan fingerprint density at radius 1 is 0.842 bits per heavy atom. The van der Waals surface area contributed by atoms with Crippen LogP contribution in [-0.4, -0.2) is 19.8 Å². The van der Waals surface area contributed by atoms with E-state index in [1.165, 1.54) is 0 Å². The Morgan fingerprint density at radius 2 is 1.26 bits per heavy atom. The van der Waals surface area contributed by atoms with Crippen LogP contribution in [0.2, 0.25) is 9.88 Å². The van der Waals surface area contributed by atoms with Gasteiger partial charge in [0.05, 0.1) is 0 Å². The van der Waals surface area contributed by atoms with Gasteiger partial charge in [-0.15, -0.1) is 0 Å². The van der Waals surface area contributed by atoms with Crippen LogP contribution in [0.15, 0.2) is 60.7 Å². The van der Waals surface area contributed by atoms with E-state index in [4.69, 9.17) is 9.30 Å². The van der Waals surface area contributed by atoms with E-state index in [9.17, 15) is 0 Å². The maximum Gasteiger partial charge on any atom is 5.00 e. The molecule has 0 aliphatic heterocycles. The third-order valence-corrected chi connectivity index (χ3v) is 6.15. The van der Waals surface area contributed by atoms with Gasteiger partial charge in [0, 0.05) is 0 Å². The summed E-state index contributed by atoms with van der Waals surface area (Å²) >= 11 is -1.02. The number of hydrogen-bond acceptors (Lipinski definition) is 0. The minimum Gasteiger partial charge on any atom is -0.214 e. The molecule has 2 rings (SSSR count). The van der Waals surface area contributed by atoms with Crippen molar-refractivity contribution in [3.8, 4) is 0 Å². The van der Waals surface area contributed by atoms with Gasteiger partial charge in [0.15, 0.2) is 0 Å². The number of benzene rings is 1. The van der Waals surface area contributed by atoms with Crippen molar-refractivity contribution in [2.45, 2.75) is 9.88 Å². The predicted molar refractivity (Wildman–Crippen MR) is 73.5 cm³/mol. The summed E-state index contributed by atoms with van der Waals surface area (Å²) in [5.74, 6) is 0. The van der Waals surface area contributed by atoms with Crippen LogP contribution >= 0.6 is 0 Å². The van der Waals surface area contributed by atoms with Crippen LogP contribution in [-0.2, 0) is 26.4 Å². The minimum absolute atomic E-state index is 0. The zero-order valence-electron chi connectivity index (χ0n) is 10.9. The van der Waals surface area contributed by atoms with Crippen LogP contribution in [0.3, 0.4) is 0 Å². The van der Waals surface area contributed by atoms with E-state index in [-0.39, 0.29) is 17.1 Å². The van der Waals surface area contributed by atoms with E-state index in [2.05, 4.69) is 53.5 Å². The second-order valence-electron chi connectivity index (χ2n) is 3.33. The molecule has 19 heavy (non-hydrogen) atoms. The van der Waals surface area contributed by atoms with Crippen molar-refractivity contribution in [3.63, 3.8) is 0 Å². The summed E-state index contributed by atoms with van der Waals surface area (Å²) in [5.41, 5.74) is 0. The fraction of sp³-hybridized carbons (Fsp3) is 0.133. The zero-order valence-corrected chi connectivity index (χ0v) is 14.9. The van der Waals surface area contributed by atoms with Crippen molar-refractivity contribution in [1.82, 2.24) is 0 Å². The Kier molecular flexibility index (Phi) is 24.3. The van der Waals surface area contributed by atoms with Crippen molar-refractivity contribution < 1.29 is 26.4 Å². The number of rotatable bonds is 1. The molecular formula is C15H16FeO2Sn+4. The molecule has 0 saturated heterocycles. The van der Waals surface area contributed by atoms with Gasteiger partial charge in [-0.2, -0.15) is 18.2 Å². The summed E-state index contributed by atoms with van der Waals surface area (Å²) in [5, 5.41) is 0. The fourth-order valence-electron chi connectivity index (χ4n) is 1.09. The van der Waals surface area contributed by atoms with Crippen LogP contribution in [0, 0.1) is 13.3 Å². The third-order valence-electron chi connectivity index (χ3n) is 1.91. The summed E-state index contributed by atoms with van der Waals surface area (Å²) < 4.78 is 16.6. The molecule has 0 aromatic heterocycles. The van der Waals surface area contributed by atoms with Gasteiger partial charge in [0.2, 0.25) is 0 Å². The Morgan fingerprint density at radius 3 is 1.47 bits per heavy atom. The summed E-state index contributed by atoms with van der Waals surface area (Å²) in [6, 6.07) is 20.8. The van der Waals surface area contributed by atoms with Gasteiger partial charge in [0.1, 0.15) is 0 Å². The van der Waals surface area contributed by atoms with Crippen LogP contribution in [0.5, 0.6) is 0 Å². The normalized spacial score (nSPS) is 7.11. The van der Waals surface area contributed by atoms with Crippen molar-refractivity contribution in [3.05, 3.63) is 74.0 Å². The zero-order chi connectivity index (χ0) is 14.2. The average molecular weight is 403 g/mol. The molecule has 4 heteroatoms. The van der Waals surface area contributed by atoms with E-state index in [0.29, 0.717) is 0 Å². The first kappa shape index (κ1) is 23.5. The molecule has 0 heterocycles. The van der Waals surface area contributed by atoms with Gasteiger partial charge in [-0.25, -0.2) is 12.1 Å².